The van der Waals surface area contributed by atoms with Crippen molar-refractivity contribution in [2.75, 3.05) is 0 Å². The molecule has 0 aromatic heterocycles. The minimum atomic E-state index is -1.05. The maximum Gasteiger partial charge on any atom is 0.307 e. The van der Waals surface area contributed by atoms with Gasteiger partial charge in [0.1, 0.15) is 0 Å². The number of aliphatic carboxylic acids is 2. The van der Waals surface area contributed by atoms with E-state index in [2.05, 4.69) is 41.5 Å². The number of carboxylic acid groups (broad SMARTS) is 2. The van der Waals surface area contributed by atoms with Crippen LogP contribution in [0.2, 0.25) is 0 Å². The largest absolute Gasteiger partial charge is 0.481 e. The first-order chi connectivity index (χ1) is 8.66. The summed E-state index contributed by atoms with van der Waals surface area (Å²) in [5, 5.41) is 18.5. The summed E-state index contributed by atoms with van der Waals surface area (Å²) < 4.78 is 0. The van der Waals surface area contributed by atoms with Crippen molar-refractivity contribution in [3.63, 3.8) is 0 Å². The topological polar surface area (TPSA) is 74.6 Å². The van der Waals surface area contributed by atoms with Crippen LogP contribution in [0, 0.1) is 22.2 Å². The van der Waals surface area contributed by atoms with Crippen LogP contribution in [0.5, 0.6) is 0 Å². The summed E-state index contributed by atoms with van der Waals surface area (Å²) >= 11 is 0. The first-order valence-corrected chi connectivity index (χ1v) is 7.11. The molecule has 1 atom stereocenters. The van der Waals surface area contributed by atoms with E-state index in [0.29, 0.717) is 12.8 Å². The minimum absolute atomic E-state index is 0.0494. The third kappa shape index (κ3) is 6.92. The molecular weight excluding hydrogens is 256 g/mol. The number of hydrogen-bond donors (Lipinski definition) is 2. The number of rotatable bonds is 6. The lowest BCUT2D eigenvalue weighted by molar-refractivity contribution is -0.155. The Morgan fingerprint density at radius 1 is 0.850 bits per heavy atom. The molecule has 0 aliphatic heterocycles. The molecule has 4 nitrogen and oxygen atoms in total. The Morgan fingerprint density at radius 3 is 1.40 bits per heavy atom. The average molecular weight is 286 g/mol. The molecule has 0 heterocycles. The number of hydrogen-bond acceptors (Lipinski definition) is 2. The van der Waals surface area contributed by atoms with Gasteiger partial charge in [0.25, 0.3) is 0 Å². The van der Waals surface area contributed by atoms with Crippen molar-refractivity contribution in [2.24, 2.45) is 22.2 Å². The van der Waals surface area contributed by atoms with Gasteiger partial charge in [-0.25, -0.2) is 0 Å². The summed E-state index contributed by atoms with van der Waals surface area (Å²) in [5.41, 5.74) is -0.640. The first kappa shape index (κ1) is 18.9. The summed E-state index contributed by atoms with van der Waals surface area (Å²) in [4.78, 5) is 22.6. The van der Waals surface area contributed by atoms with Crippen LogP contribution < -0.4 is 0 Å². The van der Waals surface area contributed by atoms with Gasteiger partial charge in [0, 0.05) is 0 Å². The maximum absolute atomic E-state index is 11.6. The third-order valence-corrected chi connectivity index (χ3v) is 3.39. The molecule has 20 heavy (non-hydrogen) atoms. The standard InChI is InChI=1S/C16H30O4/c1-14(2,3)9-16(7,10-15(4,5)6)11(13(19)20)8-12(17)18/h11H,8-10H2,1-7H3,(H,17,18)(H,19,20). The van der Waals surface area contributed by atoms with Gasteiger partial charge in [0.05, 0.1) is 12.3 Å². The van der Waals surface area contributed by atoms with Crippen LogP contribution in [0.4, 0.5) is 0 Å². The molecule has 118 valence electrons. The van der Waals surface area contributed by atoms with Gasteiger partial charge in [-0.05, 0) is 29.1 Å². The van der Waals surface area contributed by atoms with Gasteiger partial charge in [-0.2, -0.15) is 0 Å². The number of carboxylic acids is 2. The van der Waals surface area contributed by atoms with Crippen LogP contribution >= 0.6 is 0 Å². The smallest absolute Gasteiger partial charge is 0.307 e. The van der Waals surface area contributed by atoms with Crippen molar-refractivity contribution in [1.82, 2.24) is 0 Å². The number of carbonyl (C=O) groups is 2. The second-order valence-corrected chi connectivity index (χ2v) is 8.62. The molecule has 1 unspecified atom stereocenters. The lowest BCUT2D eigenvalue weighted by Gasteiger charge is -2.43. The van der Waals surface area contributed by atoms with Crippen LogP contribution in [0.3, 0.4) is 0 Å². The fourth-order valence-electron chi connectivity index (χ4n) is 3.54. The molecule has 0 aromatic rings. The predicted octanol–water partition coefficient (Wildman–Crippen LogP) is 4.04. The molecule has 0 amide bonds. The molecule has 0 rings (SSSR count). The van der Waals surface area contributed by atoms with Gasteiger partial charge in [-0.1, -0.05) is 48.5 Å². The van der Waals surface area contributed by atoms with E-state index in [9.17, 15) is 14.7 Å². The second-order valence-electron chi connectivity index (χ2n) is 8.62. The molecule has 0 radical (unpaired) electrons. The molecule has 0 spiro atoms. The Labute approximate surface area is 122 Å². The van der Waals surface area contributed by atoms with E-state index >= 15 is 0 Å². The SMILES string of the molecule is CC(C)(C)CC(C)(CC(C)(C)C)C(CC(=O)O)C(=O)O. The lowest BCUT2D eigenvalue weighted by Crippen LogP contribution is -2.40. The van der Waals surface area contributed by atoms with Crippen molar-refractivity contribution < 1.29 is 19.8 Å². The Morgan fingerprint density at radius 2 is 1.20 bits per heavy atom. The monoisotopic (exact) mass is 286 g/mol. The molecule has 0 saturated heterocycles. The Kier molecular flexibility index (Phi) is 5.82. The zero-order chi connectivity index (χ0) is 16.4. The molecule has 0 aliphatic rings. The van der Waals surface area contributed by atoms with E-state index in [4.69, 9.17) is 5.11 Å². The van der Waals surface area contributed by atoms with E-state index in [1.54, 1.807) is 0 Å². The highest BCUT2D eigenvalue weighted by Gasteiger charge is 2.44. The van der Waals surface area contributed by atoms with Crippen molar-refractivity contribution in [3.8, 4) is 0 Å². The highest BCUT2D eigenvalue weighted by atomic mass is 16.4. The summed E-state index contributed by atoms with van der Waals surface area (Å²) in [6, 6.07) is 0. The van der Waals surface area contributed by atoms with Gasteiger partial charge in [-0.3, -0.25) is 9.59 Å². The van der Waals surface area contributed by atoms with E-state index in [1.165, 1.54) is 0 Å². The van der Waals surface area contributed by atoms with Crippen LogP contribution in [0.1, 0.15) is 67.7 Å². The molecule has 0 bridgehead atoms. The van der Waals surface area contributed by atoms with Crippen LogP contribution in [0.15, 0.2) is 0 Å². The van der Waals surface area contributed by atoms with E-state index in [1.807, 2.05) is 6.92 Å². The highest BCUT2D eigenvalue weighted by molar-refractivity contribution is 5.78. The summed E-state index contributed by atoms with van der Waals surface area (Å²) in [6.07, 6.45) is 1.04. The molecule has 0 aliphatic carbocycles. The van der Waals surface area contributed by atoms with Crippen molar-refractivity contribution >= 4 is 11.9 Å². The zero-order valence-corrected chi connectivity index (χ0v) is 13.9. The zero-order valence-electron chi connectivity index (χ0n) is 13.9. The average Bonchev–Trinajstić information content (AvgIpc) is 2.06. The normalized spacial score (nSPS) is 14.9. The van der Waals surface area contributed by atoms with Gasteiger partial charge < -0.3 is 10.2 Å². The van der Waals surface area contributed by atoms with Crippen molar-refractivity contribution in [3.05, 3.63) is 0 Å². The van der Waals surface area contributed by atoms with Crippen LogP contribution in [-0.4, -0.2) is 22.2 Å². The van der Waals surface area contributed by atoms with Crippen molar-refractivity contribution in [1.29, 1.82) is 0 Å². The second kappa shape index (κ2) is 6.15. The van der Waals surface area contributed by atoms with Gasteiger partial charge in [0.15, 0.2) is 0 Å². The highest BCUT2D eigenvalue weighted by Crippen LogP contribution is 2.48. The third-order valence-electron chi connectivity index (χ3n) is 3.39. The van der Waals surface area contributed by atoms with Gasteiger partial charge in [-0.15, -0.1) is 0 Å². The Hall–Kier alpha value is -1.06. The van der Waals surface area contributed by atoms with Crippen LogP contribution in [-0.2, 0) is 9.59 Å². The fraction of sp³-hybridized carbons (Fsp3) is 0.875. The van der Waals surface area contributed by atoms with Crippen molar-refractivity contribution in [2.45, 2.75) is 67.7 Å². The molecule has 4 heteroatoms. The molecular formula is C16H30O4. The van der Waals surface area contributed by atoms with Crippen LogP contribution in [0.25, 0.3) is 0 Å². The molecule has 0 fully saturated rings. The maximum atomic E-state index is 11.6. The van der Waals surface area contributed by atoms with Gasteiger partial charge >= 0.3 is 11.9 Å². The molecule has 0 saturated carbocycles. The summed E-state index contributed by atoms with van der Waals surface area (Å²) in [5.74, 6) is -2.92. The minimum Gasteiger partial charge on any atom is -0.481 e. The molecule has 0 aromatic carbocycles. The molecule has 2 N–H and O–H groups in total. The Balaban J connectivity index is 5.56. The van der Waals surface area contributed by atoms with Gasteiger partial charge in [0.2, 0.25) is 0 Å². The van der Waals surface area contributed by atoms with E-state index < -0.39 is 23.3 Å². The van der Waals surface area contributed by atoms with E-state index in [-0.39, 0.29) is 17.3 Å². The lowest BCUT2D eigenvalue weighted by atomic mass is 9.61. The fourth-order valence-corrected chi connectivity index (χ4v) is 3.54. The summed E-state index contributed by atoms with van der Waals surface area (Å²) in [6.45, 7) is 14.3. The van der Waals surface area contributed by atoms with E-state index in [0.717, 1.165) is 0 Å². The summed E-state index contributed by atoms with van der Waals surface area (Å²) in [7, 11) is 0. The Bertz CT molecular complexity index is 342. The first-order valence-electron chi connectivity index (χ1n) is 7.11. The quantitative estimate of drug-likeness (QED) is 0.772. The predicted molar refractivity (Wildman–Crippen MR) is 79.6 cm³/mol.